The molecule has 0 aliphatic carbocycles. The number of aryl methyl sites for hydroxylation is 1. The zero-order valence-electron chi connectivity index (χ0n) is 12.5. The van der Waals surface area contributed by atoms with Crippen molar-refractivity contribution in [3.63, 3.8) is 0 Å². The van der Waals surface area contributed by atoms with Gasteiger partial charge in [-0.1, -0.05) is 32.0 Å². The molecule has 1 amide bonds. The van der Waals surface area contributed by atoms with E-state index in [2.05, 4.69) is 20.5 Å². The molecule has 1 unspecified atom stereocenters. The van der Waals surface area contributed by atoms with Crippen LogP contribution in [0.15, 0.2) is 35.2 Å². The molecule has 1 aromatic heterocycles. The van der Waals surface area contributed by atoms with Gasteiger partial charge in [0.2, 0.25) is 5.91 Å². The zero-order valence-corrected chi connectivity index (χ0v) is 13.3. The standard InChI is InChI=1S/C15H20N4OS/c1-10(2)14(15-16-11(3)18-19-15)17-13(20)9-21-12-7-5-4-6-8-12/h4-8,10,14H,9H2,1-3H3,(H,17,20)(H,16,18,19). The highest BCUT2D eigenvalue weighted by Crippen LogP contribution is 2.20. The van der Waals surface area contributed by atoms with Crippen LogP contribution in [0.2, 0.25) is 0 Å². The van der Waals surface area contributed by atoms with E-state index in [0.29, 0.717) is 11.6 Å². The van der Waals surface area contributed by atoms with E-state index in [1.807, 2.05) is 51.1 Å². The quantitative estimate of drug-likeness (QED) is 0.805. The Labute approximate surface area is 128 Å². The van der Waals surface area contributed by atoms with Gasteiger partial charge in [-0.2, -0.15) is 5.10 Å². The predicted octanol–water partition coefficient (Wildman–Crippen LogP) is 2.72. The molecular weight excluding hydrogens is 284 g/mol. The van der Waals surface area contributed by atoms with Gasteiger partial charge in [0.05, 0.1) is 11.8 Å². The summed E-state index contributed by atoms with van der Waals surface area (Å²) in [7, 11) is 0. The van der Waals surface area contributed by atoms with Crippen LogP contribution in [-0.4, -0.2) is 26.8 Å². The normalized spacial score (nSPS) is 12.4. The summed E-state index contributed by atoms with van der Waals surface area (Å²) >= 11 is 1.52. The molecule has 0 saturated heterocycles. The largest absolute Gasteiger partial charge is 0.345 e. The number of nitrogens with zero attached hydrogens (tertiary/aromatic N) is 2. The summed E-state index contributed by atoms with van der Waals surface area (Å²) in [6, 6.07) is 9.72. The number of carbonyl (C=O) groups is 1. The molecule has 1 heterocycles. The van der Waals surface area contributed by atoms with Crippen molar-refractivity contribution in [3.8, 4) is 0 Å². The van der Waals surface area contributed by atoms with Gasteiger partial charge < -0.3 is 5.32 Å². The highest BCUT2D eigenvalue weighted by molar-refractivity contribution is 8.00. The van der Waals surface area contributed by atoms with E-state index in [4.69, 9.17) is 0 Å². The lowest BCUT2D eigenvalue weighted by atomic mass is 10.0. The van der Waals surface area contributed by atoms with Gasteiger partial charge in [-0.25, -0.2) is 4.98 Å². The second-order valence-electron chi connectivity index (χ2n) is 5.17. The first-order valence-corrected chi connectivity index (χ1v) is 7.91. The minimum absolute atomic E-state index is 0.00925. The monoisotopic (exact) mass is 304 g/mol. The molecule has 1 aromatic carbocycles. The van der Waals surface area contributed by atoms with Crippen LogP contribution in [-0.2, 0) is 4.79 Å². The molecule has 6 heteroatoms. The first-order chi connectivity index (χ1) is 10.1. The Bertz CT molecular complexity index is 582. The minimum atomic E-state index is -0.168. The number of hydrogen-bond acceptors (Lipinski definition) is 4. The number of carbonyl (C=O) groups excluding carboxylic acids is 1. The SMILES string of the molecule is Cc1nc(C(NC(=O)CSc2ccccc2)C(C)C)n[nH]1. The lowest BCUT2D eigenvalue weighted by Gasteiger charge is -2.19. The molecule has 1 atom stereocenters. The second-order valence-corrected chi connectivity index (χ2v) is 6.22. The van der Waals surface area contributed by atoms with Crippen LogP contribution in [0.4, 0.5) is 0 Å². The molecule has 2 N–H and O–H groups in total. The summed E-state index contributed by atoms with van der Waals surface area (Å²) in [6.45, 7) is 5.93. The van der Waals surface area contributed by atoms with Gasteiger partial charge in [0.1, 0.15) is 5.82 Å². The summed E-state index contributed by atoms with van der Waals surface area (Å²) in [6.07, 6.45) is 0. The Morgan fingerprint density at radius 3 is 2.62 bits per heavy atom. The third kappa shape index (κ3) is 4.60. The Hall–Kier alpha value is -1.82. The maximum absolute atomic E-state index is 12.1. The lowest BCUT2D eigenvalue weighted by Crippen LogP contribution is -2.33. The summed E-state index contributed by atoms with van der Waals surface area (Å²) in [5.41, 5.74) is 0. The number of hydrogen-bond donors (Lipinski definition) is 2. The van der Waals surface area contributed by atoms with Crippen molar-refractivity contribution < 1.29 is 4.79 Å². The number of benzene rings is 1. The van der Waals surface area contributed by atoms with Crippen molar-refractivity contribution in [1.29, 1.82) is 0 Å². The minimum Gasteiger partial charge on any atom is -0.345 e. The van der Waals surface area contributed by atoms with Crippen LogP contribution >= 0.6 is 11.8 Å². The molecule has 0 fully saturated rings. The number of nitrogens with one attached hydrogen (secondary N) is 2. The summed E-state index contributed by atoms with van der Waals surface area (Å²) in [5.74, 6) is 2.00. The maximum Gasteiger partial charge on any atom is 0.230 e. The lowest BCUT2D eigenvalue weighted by molar-refractivity contribution is -0.119. The van der Waals surface area contributed by atoms with Crippen LogP contribution < -0.4 is 5.32 Å². The Morgan fingerprint density at radius 2 is 2.05 bits per heavy atom. The molecule has 0 aliphatic rings. The second kappa shape index (κ2) is 7.26. The number of rotatable bonds is 6. The van der Waals surface area contributed by atoms with Crippen molar-refractivity contribution in [2.24, 2.45) is 5.92 Å². The molecule has 2 aromatic rings. The zero-order chi connectivity index (χ0) is 15.2. The fourth-order valence-corrected chi connectivity index (χ4v) is 2.64. The van der Waals surface area contributed by atoms with E-state index in [1.54, 1.807) is 0 Å². The van der Waals surface area contributed by atoms with Gasteiger partial charge in [0.15, 0.2) is 5.82 Å². The highest BCUT2D eigenvalue weighted by Gasteiger charge is 2.22. The fourth-order valence-electron chi connectivity index (χ4n) is 1.91. The molecule has 112 valence electrons. The molecular formula is C15H20N4OS. The molecule has 2 rings (SSSR count). The summed E-state index contributed by atoms with van der Waals surface area (Å²) in [5, 5.41) is 9.98. The molecule has 0 saturated carbocycles. The molecule has 5 nitrogen and oxygen atoms in total. The number of H-pyrrole nitrogens is 1. The van der Waals surface area contributed by atoms with Crippen LogP contribution in [0.1, 0.15) is 31.5 Å². The van der Waals surface area contributed by atoms with Gasteiger partial charge >= 0.3 is 0 Å². The number of amides is 1. The van der Waals surface area contributed by atoms with Crippen LogP contribution in [0.3, 0.4) is 0 Å². The van der Waals surface area contributed by atoms with Gasteiger partial charge in [0, 0.05) is 4.90 Å². The Balaban J connectivity index is 1.93. The van der Waals surface area contributed by atoms with Crippen LogP contribution in [0, 0.1) is 12.8 Å². The third-order valence-corrected chi connectivity index (χ3v) is 4.00. The van der Waals surface area contributed by atoms with Crippen LogP contribution in [0.25, 0.3) is 0 Å². The Kier molecular flexibility index (Phi) is 5.38. The smallest absolute Gasteiger partial charge is 0.230 e. The molecule has 0 bridgehead atoms. The predicted molar refractivity (Wildman–Crippen MR) is 84.0 cm³/mol. The van der Waals surface area contributed by atoms with Gasteiger partial charge in [-0.05, 0) is 25.0 Å². The first kappa shape index (κ1) is 15.6. The molecule has 0 radical (unpaired) electrons. The van der Waals surface area contributed by atoms with Gasteiger partial charge in [0.25, 0.3) is 0 Å². The number of aromatic amines is 1. The summed E-state index contributed by atoms with van der Waals surface area (Å²) < 4.78 is 0. The topological polar surface area (TPSA) is 70.7 Å². The average molecular weight is 304 g/mol. The average Bonchev–Trinajstić information content (AvgIpc) is 2.89. The number of thioether (sulfide) groups is 1. The van der Waals surface area contributed by atoms with Crippen molar-refractivity contribution in [2.75, 3.05) is 5.75 Å². The van der Waals surface area contributed by atoms with Crippen molar-refractivity contribution in [2.45, 2.75) is 31.7 Å². The third-order valence-electron chi connectivity index (χ3n) is 2.99. The van der Waals surface area contributed by atoms with E-state index >= 15 is 0 Å². The number of aromatic nitrogens is 3. The van der Waals surface area contributed by atoms with Gasteiger partial charge in [-0.15, -0.1) is 11.8 Å². The van der Waals surface area contributed by atoms with Crippen molar-refractivity contribution in [1.82, 2.24) is 20.5 Å². The first-order valence-electron chi connectivity index (χ1n) is 6.92. The van der Waals surface area contributed by atoms with E-state index in [1.165, 1.54) is 11.8 Å². The fraction of sp³-hybridized carbons (Fsp3) is 0.400. The van der Waals surface area contributed by atoms with E-state index in [0.717, 1.165) is 10.7 Å². The van der Waals surface area contributed by atoms with Gasteiger partial charge in [-0.3, -0.25) is 9.89 Å². The molecule has 0 aliphatic heterocycles. The Morgan fingerprint density at radius 1 is 1.33 bits per heavy atom. The van der Waals surface area contributed by atoms with Crippen LogP contribution in [0.5, 0.6) is 0 Å². The molecule has 21 heavy (non-hydrogen) atoms. The summed E-state index contributed by atoms with van der Waals surface area (Å²) in [4.78, 5) is 17.5. The van der Waals surface area contributed by atoms with E-state index in [9.17, 15) is 4.79 Å². The van der Waals surface area contributed by atoms with Crippen molar-refractivity contribution in [3.05, 3.63) is 42.0 Å². The van der Waals surface area contributed by atoms with E-state index in [-0.39, 0.29) is 17.9 Å². The van der Waals surface area contributed by atoms with E-state index < -0.39 is 0 Å². The van der Waals surface area contributed by atoms with Crippen molar-refractivity contribution >= 4 is 17.7 Å². The molecule has 0 spiro atoms. The maximum atomic E-state index is 12.1. The highest BCUT2D eigenvalue weighted by atomic mass is 32.2.